The van der Waals surface area contributed by atoms with Crippen LogP contribution < -0.4 is 5.56 Å². The predicted octanol–water partition coefficient (Wildman–Crippen LogP) is 4.01. The van der Waals surface area contributed by atoms with Gasteiger partial charge in [0.15, 0.2) is 0 Å². The van der Waals surface area contributed by atoms with Crippen molar-refractivity contribution in [2.24, 2.45) is 0 Å². The summed E-state index contributed by atoms with van der Waals surface area (Å²) in [5.74, 6) is -0.443. The van der Waals surface area contributed by atoms with Crippen LogP contribution in [0.1, 0.15) is 19.9 Å². The van der Waals surface area contributed by atoms with E-state index in [1.807, 2.05) is 29.6 Å². The second kappa shape index (κ2) is 6.86. The zero-order valence-electron chi connectivity index (χ0n) is 13.2. The van der Waals surface area contributed by atoms with E-state index in [0.717, 1.165) is 15.6 Å². The molecule has 0 radical (unpaired) electrons. The number of nitrogens with zero attached hydrogens (tertiary/aromatic N) is 2. The Morgan fingerprint density at radius 1 is 1.38 bits per heavy atom. The van der Waals surface area contributed by atoms with Crippen molar-refractivity contribution < 1.29 is 9.53 Å². The van der Waals surface area contributed by atoms with Crippen LogP contribution in [-0.2, 0) is 9.53 Å². The standard InChI is InChI=1S/C17H15BrN2O3S/c1-3-23-17(22)10(2)20-9-19-15-14(16(20)21)13(8-24-15)11-4-6-12(18)7-5-11/h4-10H,3H2,1-2H3/t10-/m1/s1. The smallest absolute Gasteiger partial charge is 0.328 e. The molecule has 0 N–H and O–H groups in total. The van der Waals surface area contributed by atoms with Crippen molar-refractivity contribution >= 4 is 43.5 Å². The third kappa shape index (κ3) is 3.01. The van der Waals surface area contributed by atoms with Crippen LogP contribution in [0.3, 0.4) is 0 Å². The molecule has 0 bridgehead atoms. The molecule has 0 spiro atoms. The molecule has 3 aromatic rings. The maximum Gasteiger partial charge on any atom is 0.328 e. The van der Waals surface area contributed by atoms with Gasteiger partial charge in [0.2, 0.25) is 0 Å². The van der Waals surface area contributed by atoms with Crippen molar-refractivity contribution in [1.82, 2.24) is 9.55 Å². The Morgan fingerprint density at radius 3 is 2.75 bits per heavy atom. The van der Waals surface area contributed by atoms with Gasteiger partial charge in [-0.1, -0.05) is 28.1 Å². The van der Waals surface area contributed by atoms with E-state index in [9.17, 15) is 9.59 Å². The molecule has 24 heavy (non-hydrogen) atoms. The van der Waals surface area contributed by atoms with Gasteiger partial charge in [-0.3, -0.25) is 9.36 Å². The van der Waals surface area contributed by atoms with Crippen molar-refractivity contribution in [1.29, 1.82) is 0 Å². The van der Waals surface area contributed by atoms with Crippen molar-refractivity contribution in [3.63, 3.8) is 0 Å². The van der Waals surface area contributed by atoms with Crippen LogP contribution in [0.25, 0.3) is 21.3 Å². The average Bonchev–Trinajstić information content (AvgIpc) is 3.00. The summed E-state index contributed by atoms with van der Waals surface area (Å²) in [5.41, 5.74) is 1.52. The van der Waals surface area contributed by atoms with Crippen LogP contribution in [0.2, 0.25) is 0 Å². The Hall–Kier alpha value is -1.99. The van der Waals surface area contributed by atoms with Gasteiger partial charge in [0.25, 0.3) is 5.56 Å². The molecular weight excluding hydrogens is 392 g/mol. The van der Waals surface area contributed by atoms with Crippen LogP contribution in [0.5, 0.6) is 0 Å². The Kier molecular flexibility index (Phi) is 4.82. The molecule has 0 unspecified atom stereocenters. The van der Waals surface area contributed by atoms with Crippen LogP contribution >= 0.6 is 27.3 Å². The summed E-state index contributed by atoms with van der Waals surface area (Å²) in [6.45, 7) is 3.65. The first kappa shape index (κ1) is 16.9. The number of esters is 1. The molecule has 1 atom stereocenters. The van der Waals surface area contributed by atoms with Gasteiger partial charge in [-0.2, -0.15) is 0 Å². The van der Waals surface area contributed by atoms with Crippen LogP contribution in [0.15, 0.2) is 45.2 Å². The topological polar surface area (TPSA) is 61.2 Å². The van der Waals surface area contributed by atoms with Crippen molar-refractivity contribution in [3.05, 3.63) is 50.8 Å². The zero-order chi connectivity index (χ0) is 17.3. The van der Waals surface area contributed by atoms with Gasteiger partial charge in [0.1, 0.15) is 10.9 Å². The SMILES string of the molecule is CCOC(=O)[C@@H](C)n1cnc2scc(-c3ccc(Br)cc3)c2c1=O. The lowest BCUT2D eigenvalue weighted by Crippen LogP contribution is -2.29. The number of halogens is 1. The third-order valence-electron chi connectivity index (χ3n) is 3.72. The summed E-state index contributed by atoms with van der Waals surface area (Å²) >= 11 is 4.82. The Morgan fingerprint density at radius 2 is 2.08 bits per heavy atom. The lowest BCUT2D eigenvalue weighted by molar-refractivity contribution is -0.146. The van der Waals surface area contributed by atoms with E-state index in [-0.39, 0.29) is 12.2 Å². The highest BCUT2D eigenvalue weighted by atomic mass is 79.9. The second-order valence-corrected chi connectivity index (χ2v) is 7.00. The first-order valence-corrected chi connectivity index (χ1v) is 9.11. The lowest BCUT2D eigenvalue weighted by atomic mass is 10.1. The highest BCUT2D eigenvalue weighted by molar-refractivity contribution is 9.10. The number of aromatic nitrogens is 2. The van der Waals surface area contributed by atoms with Gasteiger partial charge in [0.05, 0.1) is 18.3 Å². The van der Waals surface area contributed by atoms with Gasteiger partial charge in [-0.05, 0) is 31.5 Å². The van der Waals surface area contributed by atoms with Gasteiger partial charge in [0, 0.05) is 15.4 Å². The molecule has 0 saturated carbocycles. The molecule has 0 amide bonds. The minimum Gasteiger partial charge on any atom is -0.464 e. The van der Waals surface area contributed by atoms with E-state index in [4.69, 9.17) is 4.74 Å². The van der Waals surface area contributed by atoms with E-state index < -0.39 is 12.0 Å². The lowest BCUT2D eigenvalue weighted by Gasteiger charge is -2.13. The number of rotatable bonds is 4. The molecule has 5 nitrogen and oxygen atoms in total. The molecular formula is C17H15BrN2O3S. The fraction of sp³-hybridized carbons (Fsp3) is 0.235. The quantitative estimate of drug-likeness (QED) is 0.614. The molecule has 0 aliphatic carbocycles. The molecule has 3 rings (SSSR count). The van der Waals surface area contributed by atoms with Crippen LogP contribution in [-0.4, -0.2) is 22.1 Å². The van der Waals surface area contributed by atoms with Crippen molar-refractivity contribution in [3.8, 4) is 11.1 Å². The summed E-state index contributed by atoms with van der Waals surface area (Å²) in [4.78, 5) is 29.9. The van der Waals surface area contributed by atoms with E-state index in [1.165, 1.54) is 22.2 Å². The summed E-state index contributed by atoms with van der Waals surface area (Å²) < 4.78 is 7.30. The Labute approximate surface area is 151 Å². The highest BCUT2D eigenvalue weighted by Crippen LogP contribution is 2.31. The number of fused-ring (bicyclic) bond motifs is 1. The molecule has 2 heterocycles. The largest absolute Gasteiger partial charge is 0.464 e. The number of benzene rings is 1. The van der Waals surface area contributed by atoms with Crippen molar-refractivity contribution in [2.45, 2.75) is 19.9 Å². The van der Waals surface area contributed by atoms with Gasteiger partial charge in [-0.25, -0.2) is 9.78 Å². The average molecular weight is 407 g/mol. The third-order valence-corrected chi connectivity index (χ3v) is 5.13. The van der Waals surface area contributed by atoms with Crippen LogP contribution in [0, 0.1) is 0 Å². The van der Waals surface area contributed by atoms with E-state index in [2.05, 4.69) is 20.9 Å². The normalized spacial score (nSPS) is 12.3. The minimum atomic E-state index is -0.716. The van der Waals surface area contributed by atoms with Gasteiger partial charge in [-0.15, -0.1) is 11.3 Å². The van der Waals surface area contributed by atoms with E-state index in [1.54, 1.807) is 13.8 Å². The summed E-state index contributed by atoms with van der Waals surface area (Å²) in [6, 6.07) is 7.02. The molecule has 1 aromatic carbocycles. The van der Waals surface area contributed by atoms with E-state index in [0.29, 0.717) is 10.2 Å². The molecule has 124 valence electrons. The molecule has 0 fully saturated rings. The summed E-state index contributed by atoms with van der Waals surface area (Å²) in [6.07, 6.45) is 1.41. The first-order chi connectivity index (χ1) is 11.5. The number of thiophene rings is 1. The fourth-order valence-corrected chi connectivity index (χ4v) is 3.61. The Bertz CT molecular complexity index is 947. The molecule has 2 aromatic heterocycles. The highest BCUT2D eigenvalue weighted by Gasteiger charge is 2.21. The minimum absolute atomic E-state index is 0.236. The number of ether oxygens (including phenoxy) is 1. The maximum atomic E-state index is 12.9. The fourth-order valence-electron chi connectivity index (χ4n) is 2.44. The molecule has 0 aliphatic rings. The predicted molar refractivity (Wildman–Crippen MR) is 98.4 cm³/mol. The molecule has 0 aliphatic heterocycles. The molecule has 7 heteroatoms. The summed E-state index contributed by atoms with van der Waals surface area (Å²) in [5, 5.41) is 2.45. The summed E-state index contributed by atoms with van der Waals surface area (Å²) in [7, 11) is 0. The van der Waals surface area contributed by atoms with Crippen molar-refractivity contribution in [2.75, 3.05) is 6.61 Å². The number of hydrogen-bond donors (Lipinski definition) is 0. The monoisotopic (exact) mass is 406 g/mol. The van der Waals surface area contributed by atoms with Gasteiger partial charge >= 0.3 is 5.97 Å². The maximum absolute atomic E-state index is 12.9. The number of hydrogen-bond acceptors (Lipinski definition) is 5. The van der Waals surface area contributed by atoms with Gasteiger partial charge < -0.3 is 4.74 Å². The number of carbonyl (C=O) groups excluding carboxylic acids is 1. The van der Waals surface area contributed by atoms with E-state index >= 15 is 0 Å². The molecule has 0 saturated heterocycles. The first-order valence-electron chi connectivity index (χ1n) is 7.43. The second-order valence-electron chi connectivity index (χ2n) is 5.22. The number of carbonyl (C=O) groups is 1. The zero-order valence-corrected chi connectivity index (χ0v) is 15.6. The Balaban J connectivity index is 2.14. The van der Waals surface area contributed by atoms with Crippen LogP contribution in [0.4, 0.5) is 0 Å².